The van der Waals surface area contributed by atoms with Gasteiger partial charge in [-0.05, 0) is 50.1 Å². The maximum Gasteiger partial charge on any atom is 0.256 e. The minimum absolute atomic E-state index is 0.0479. The van der Waals surface area contributed by atoms with E-state index in [2.05, 4.69) is 50.4 Å². The number of nitrogens with one attached hydrogen (secondary N) is 1. The molecule has 7 nitrogen and oxygen atoms in total. The molecule has 3 aliphatic rings. The normalized spacial score (nSPS) is 25.8. The number of anilines is 1. The number of hydrogen-bond donors (Lipinski definition) is 1. The molecule has 1 saturated heterocycles. The van der Waals surface area contributed by atoms with Crippen LogP contribution < -0.4 is 10.2 Å². The molecule has 2 fully saturated rings. The van der Waals surface area contributed by atoms with E-state index in [4.69, 9.17) is 4.74 Å². The predicted molar refractivity (Wildman–Crippen MR) is 140 cm³/mol. The van der Waals surface area contributed by atoms with Crippen molar-refractivity contribution in [2.24, 2.45) is 5.92 Å². The van der Waals surface area contributed by atoms with Gasteiger partial charge in [-0.1, -0.05) is 19.6 Å². The zero-order valence-corrected chi connectivity index (χ0v) is 22.4. The Morgan fingerprint density at radius 2 is 2.00 bits per heavy atom. The number of carbonyl (C=O) groups is 1. The van der Waals surface area contributed by atoms with Crippen LogP contribution in [0.1, 0.15) is 42.5 Å². The van der Waals surface area contributed by atoms with E-state index in [1.165, 1.54) is 0 Å². The molecule has 1 aliphatic carbocycles. The third kappa shape index (κ3) is 5.57. The van der Waals surface area contributed by atoms with Crippen molar-refractivity contribution in [3.05, 3.63) is 24.0 Å². The fraction of sp³-hybridized carbons (Fsp3) is 0.692. The molecule has 9 heteroatoms. The Bertz CT molecular complexity index is 1050. The third-order valence-corrected chi connectivity index (χ3v) is 9.62. The van der Waals surface area contributed by atoms with Gasteiger partial charge >= 0.3 is 0 Å². The van der Waals surface area contributed by atoms with Gasteiger partial charge in [-0.25, -0.2) is 9.37 Å². The Hall–Kier alpha value is -1.97. The highest BCUT2D eigenvalue weighted by Crippen LogP contribution is 2.38. The van der Waals surface area contributed by atoms with Crippen LogP contribution >= 0.6 is 0 Å². The van der Waals surface area contributed by atoms with E-state index in [1.54, 1.807) is 6.20 Å². The van der Waals surface area contributed by atoms with Crippen molar-refractivity contribution < 1.29 is 13.9 Å². The van der Waals surface area contributed by atoms with E-state index in [1.807, 2.05) is 6.20 Å². The molecule has 2 aliphatic heterocycles. The van der Waals surface area contributed by atoms with Crippen LogP contribution in [0.2, 0.25) is 25.7 Å². The molecule has 2 aromatic heterocycles. The first-order valence-corrected chi connectivity index (χ1v) is 17.0. The molecule has 1 atom stereocenters. The lowest BCUT2D eigenvalue weighted by Gasteiger charge is -2.41. The second kappa shape index (κ2) is 10.2. The molecule has 1 N–H and O–H groups in total. The molecule has 0 aromatic carbocycles. The van der Waals surface area contributed by atoms with E-state index < -0.39 is 14.2 Å². The molecule has 4 heterocycles. The minimum Gasteiger partial charge on any atom is -0.361 e. The first kappa shape index (κ1) is 24.7. The molecule has 1 amide bonds. The third-order valence-electron chi connectivity index (χ3n) is 7.92. The van der Waals surface area contributed by atoms with Gasteiger partial charge in [0, 0.05) is 58.1 Å². The largest absolute Gasteiger partial charge is 0.361 e. The second-order valence-electron chi connectivity index (χ2n) is 11.8. The highest BCUT2D eigenvalue weighted by Gasteiger charge is 2.34. The summed E-state index contributed by atoms with van der Waals surface area (Å²) in [5, 5.41) is 4.08. The number of rotatable bonds is 8. The van der Waals surface area contributed by atoms with Crippen LogP contribution in [0.4, 0.5) is 10.1 Å². The number of ether oxygens (including phenoxy) is 1. The second-order valence-corrected chi connectivity index (χ2v) is 17.5. The van der Waals surface area contributed by atoms with E-state index >= 15 is 0 Å². The number of nitrogens with zero attached hydrogens (tertiary/aromatic N) is 4. The number of likely N-dealkylation sites (tertiary alicyclic amines) is 1. The van der Waals surface area contributed by atoms with E-state index in [0.717, 1.165) is 68.1 Å². The molecule has 5 rings (SSSR count). The summed E-state index contributed by atoms with van der Waals surface area (Å²) in [4.78, 5) is 22.0. The number of amides is 1. The summed E-state index contributed by atoms with van der Waals surface area (Å²) in [5.41, 5.74) is 2.55. The number of hydrogen-bond acceptors (Lipinski definition) is 5. The summed E-state index contributed by atoms with van der Waals surface area (Å²) in [5.74, 6) is 0.593. The Morgan fingerprint density at radius 1 is 1.20 bits per heavy atom. The minimum atomic E-state index is -1.13. The molecule has 0 bridgehead atoms. The summed E-state index contributed by atoms with van der Waals surface area (Å²) in [6.07, 6.45) is 8.29. The quantitative estimate of drug-likeness (QED) is 0.428. The van der Waals surface area contributed by atoms with Gasteiger partial charge in [-0.3, -0.25) is 4.79 Å². The number of alkyl halides is 1. The average molecular weight is 502 g/mol. The van der Waals surface area contributed by atoms with Crippen LogP contribution in [0.15, 0.2) is 18.5 Å². The number of carbonyl (C=O) groups excluding carboxylic acids is 1. The maximum atomic E-state index is 13.6. The summed E-state index contributed by atoms with van der Waals surface area (Å²) >= 11 is 0. The van der Waals surface area contributed by atoms with Gasteiger partial charge in [0.1, 0.15) is 18.5 Å². The molecular formula is C26H40FN5O2Si. The van der Waals surface area contributed by atoms with Crippen molar-refractivity contribution in [1.82, 2.24) is 19.8 Å². The smallest absolute Gasteiger partial charge is 0.256 e. The zero-order valence-electron chi connectivity index (χ0n) is 21.4. The molecule has 35 heavy (non-hydrogen) atoms. The summed E-state index contributed by atoms with van der Waals surface area (Å²) in [6, 6.07) is 3.61. The van der Waals surface area contributed by atoms with Gasteiger partial charge in [-0.2, -0.15) is 0 Å². The molecule has 2 aromatic rings. The fourth-order valence-electron chi connectivity index (χ4n) is 5.84. The Kier molecular flexibility index (Phi) is 7.19. The molecule has 0 spiro atoms. The lowest BCUT2D eigenvalue weighted by molar-refractivity contribution is 0.0899. The molecular weight excluding hydrogens is 461 g/mol. The van der Waals surface area contributed by atoms with E-state index in [0.29, 0.717) is 43.9 Å². The van der Waals surface area contributed by atoms with Crippen LogP contribution in [0, 0.1) is 5.92 Å². The van der Waals surface area contributed by atoms with Crippen LogP contribution in [0.5, 0.6) is 0 Å². The number of pyridine rings is 1. The SMILES string of the molecule is C[Si](C)(C)CCOCn1ccc2c3c(cnc21)C(=O)NCN3C1CCC(CN2CC[C@H](F)C2)CC1. The highest BCUT2D eigenvalue weighted by molar-refractivity contribution is 6.76. The van der Waals surface area contributed by atoms with Crippen molar-refractivity contribution in [3.8, 4) is 0 Å². The van der Waals surface area contributed by atoms with Crippen molar-refractivity contribution in [2.45, 2.75) is 76.7 Å². The van der Waals surface area contributed by atoms with Crippen LogP contribution in [-0.2, 0) is 11.5 Å². The van der Waals surface area contributed by atoms with Gasteiger partial charge in [0.25, 0.3) is 5.91 Å². The maximum absolute atomic E-state index is 13.6. The molecule has 192 valence electrons. The molecule has 0 unspecified atom stereocenters. The first-order chi connectivity index (χ1) is 16.8. The standard InChI is InChI=1S/C26H40FN5O2Si/c1-35(2,3)13-12-34-18-31-11-9-22-24-23(14-28-25(22)31)26(33)29-17-32(24)21-6-4-19(5-7-21)15-30-10-8-20(27)16-30/h9,11,14,19-21H,4-8,10,12-13,15-18H2,1-3H3,(H,29,33)/t19?,20-,21?/m0/s1. The van der Waals surface area contributed by atoms with Crippen LogP contribution in [-0.4, -0.2) is 73.6 Å². The van der Waals surface area contributed by atoms with Crippen LogP contribution in [0.25, 0.3) is 11.0 Å². The topological polar surface area (TPSA) is 62.6 Å². The lowest BCUT2D eigenvalue weighted by atomic mass is 9.84. The zero-order chi connectivity index (χ0) is 24.6. The van der Waals surface area contributed by atoms with Gasteiger partial charge in [0.15, 0.2) is 0 Å². The number of halogens is 1. The average Bonchev–Trinajstić information content (AvgIpc) is 3.43. The Morgan fingerprint density at radius 3 is 2.71 bits per heavy atom. The fourth-order valence-corrected chi connectivity index (χ4v) is 6.60. The molecule has 1 saturated carbocycles. The Labute approximate surface area is 209 Å². The van der Waals surface area contributed by atoms with Crippen LogP contribution in [0.3, 0.4) is 0 Å². The van der Waals surface area contributed by atoms with Crippen molar-refractivity contribution in [2.75, 3.05) is 37.8 Å². The van der Waals surface area contributed by atoms with Crippen molar-refractivity contribution >= 4 is 30.7 Å². The summed E-state index contributed by atoms with van der Waals surface area (Å²) in [7, 11) is -1.13. The van der Waals surface area contributed by atoms with Gasteiger partial charge < -0.3 is 24.4 Å². The lowest BCUT2D eigenvalue weighted by Crippen LogP contribution is -2.50. The highest BCUT2D eigenvalue weighted by atomic mass is 28.3. The van der Waals surface area contributed by atoms with Gasteiger partial charge in [0.2, 0.25) is 0 Å². The molecule has 0 radical (unpaired) electrons. The number of aromatic nitrogens is 2. The van der Waals surface area contributed by atoms with E-state index in [-0.39, 0.29) is 5.91 Å². The van der Waals surface area contributed by atoms with Crippen molar-refractivity contribution in [1.29, 1.82) is 0 Å². The number of fused-ring (bicyclic) bond motifs is 3. The Balaban J connectivity index is 1.28. The first-order valence-electron chi connectivity index (χ1n) is 13.3. The van der Waals surface area contributed by atoms with Crippen molar-refractivity contribution in [3.63, 3.8) is 0 Å². The summed E-state index contributed by atoms with van der Waals surface area (Å²) < 4.78 is 21.6. The van der Waals surface area contributed by atoms with Gasteiger partial charge in [-0.15, -0.1) is 0 Å². The summed E-state index contributed by atoms with van der Waals surface area (Å²) in [6.45, 7) is 11.4. The monoisotopic (exact) mass is 501 g/mol. The predicted octanol–water partition coefficient (Wildman–Crippen LogP) is 4.46. The van der Waals surface area contributed by atoms with E-state index in [9.17, 15) is 9.18 Å². The van der Waals surface area contributed by atoms with Gasteiger partial charge in [0.05, 0.1) is 17.9 Å².